The average molecular weight is 292 g/mol. The highest BCUT2D eigenvalue weighted by atomic mass is 35.5. The molecule has 1 aromatic carbocycles. The van der Waals surface area contributed by atoms with E-state index in [0.29, 0.717) is 11.6 Å². The van der Waals surface area contributed by atoms with E-state index >= 15 is 0 Å². The van der Waals surface area contributed by atoms with Gasteiger partial charge in [0.2, 0.25) is 0 Å². The zero-order chi connectivity index (χ0) is 14.4. The second-order valence-electron chi connectivity index (χ2n) is 4.79. The fourth-order valence-corrected chi connectivity index (χ4v) is 1.98. The molecule has 106 valence electrons. The highest BCUT2D eigenvalue weighted by Crippen LogP contribution is 2.18. The third-order valence-electron chi connectivity index (χ3n) is 3.02. The summed E-state index contributed by atoms with van der Waals surface area (Å²) in [6, 6.07) is 9.76. The van der Waals surface area contributed by atoms with Gasteiger partial charge in [0.15, 0.2) is 0 Å². The van der Waals surface area contributed by atoms with E-state index in [0.717, 1.165) is 24.2 Å². The second kappa shape index (κ2) is 7.27. The van der Waals surface area contributed by atoms with E-state index in [9.17, 15) is 5.11 Å². The van der Waals surface area contributed by atoms with Gasteiger partial charge in [0, 0.05) is 18.0 Å². The number of aliphatic hydroxyl groups is 1. The molecular weight excluding hydrogens is 274 g/mol. The molecule has 2 aromatic rings. The van der Waals surface area contributed by atoms with Crippen LogP contribution in [-0.2, 0) is 13.0 Å². The maximum absolute atomic E-state index is 9.26. The molecule has 1 heterocycles. The lowest BCUT2D eigenvalue weighted by Crippen LogP contribution is -2.01. The highest BCUT2D eigenvalue weighted by molar-refractivity contribution is 6.31. The van der Waals surface area contributed by atoms with Crippen molar-refractivity contribution in [2.45, 2.75) is 32.5 Å². The molecular formula is C16H18ClNO2. The van der Waals surface area contributed by atoms with Crippen LogP contribution in [0.5, 0.6) is 5.75 Å². The largest absolute Gasteiger partial charge is 0.489 e. The van der Waals surface area contributed by atoms with Crippen molar-refractivity contribution in [3.05, 3.63) is 58.9 Å². The Balaban J connectivity index is 1.89. The van der Waals surface area contributed by atoms with Crippen LogP contribution in [0, 0.1) is 0 Å². The lowest BCUT2D eigenvalue weighted by Gasteiger charge is -2.09. The summed E-state index contributed by atoms with van der Waals surface area (Å²) in [4.78, 5) is 3.94. The number of aliphatic hydroxyl groups excluding tert-OH is 1. The molecule has 1 aromatic heterocycles. The molecule has 3 nitrogen and oxygen atoms in total. The second-order valence-corrected chi connectivity index (χ2v) is 5.19. The van der Waals surface area contributed by atoms with Crippen molar-refractivity contribution in [1.82, 2.24) is 4.98 Å². The molecule has 0 radical (unpaired) electrons. The number of aromatic nitrogens is 1. The number of benzene rings is 1. The molecule has 0 aliphatic heterocycles. The Kier molecular flexibility index (Phi) is 5.39. The van der Waals surface area contributed by atoms with Crippen LogP contribution < -0.4 is 4.74 Å². The minimum Gasteiger partial charge on any atom is -0.489 e. The van der Waals surface area contributed by atoms with E-state index in [-0.39, 0.29) is 6.10 Å². The summed E-state index contributed by atoms with van der Waals surface area (Å²) >= 11 is 6.02. The molecule has 1 unspecified atom stereocenters. The smallest absolute Gasteiger partial charge is 0.119 e. The first kappa shape index (κ1) is 14.8. The SMILES string of the molecule is CC(O)CCc1ccc(OCc2ccncc2Cl)cc1. The van der Waals surface area contributed by atoms with E-state index in [4.69, 9.17) is 16.3 Å². The van der Waals surface area contributed by atoms with Gasteiger partial charge in [-0.1, -0.05) is 23.7 Å². The summed E-state index contributed by atoms with van der Waals surface area (Å²) in [7, 11) is 0. The third kappa shape index (κ3) is 4.51. The Morgan fingerprint density at radius 2 is 2.00 bits per heavy atom. The van der Waals surface area contributed by atoms with Crippen LogP contribution in [0.3, 0.4) is 0 Å². The predicted molar refractivity (Wildman–Crippen MR) is 80.0 cm³/mol. The molecule has 0 bridgehead atoms. The summed E-state index contributed by atoms with van der Waals surface area (Å²) in [5.74, 6) is 0.804. The maximum atomic E-state index is 9.26. The Morgan fingerprint density at radius 1 is 1.25 bits per heavy atom. The van der Waals surface area contributed by atoms with Gasteiger partial charge in [0.25, 0.3) is 0 Å². The van der Waals surface area contributed by atoms with Crippen LogP contribution in [0.4, 0.5) is 0 Å². The van der Waals surface area contributed by atoms with Crippen LogP contribution in [0.1, 0.15) is 24.5 Å². The topological polar surface area (TPSA) is 42.4 Å². The lowest BCUT2D eigenvalue weighted by molar-refractivity contribution is 0.185. The highest BCUT2D eigenvalue weighted by Gasteiger charge is 2.02. The van der Waals surface area contributed by atoms with Crippen LogP contribution in [-0.4, -0.2) is 16.2 Å². The van der Waals surface area contributed by atoms with Gasteiger partial charge in [-0.05, 0) is 43.5 Å². The van der Waals surface area contributed by atoms with Crippen LogP contribution in [0.2, 0.25) is 5.02 Å². The summed E-state index contributed by atoms with van der Waals surface area (Å²) in [6.45, 7) is 2.23. The number of ether oxygens (including phenoxy) is 1. The molecule has 0 fully saturated rings. The van der Waals surface area contributed by atoms with Gasteiger partial charge in [-0.25, -0.2) is 0 Å². The minimum absolute atomic E-state index is 0.264. The molecule has 0 amide bonds. The zero-order valence-electron chi connectivity index (χ0n) is 11.4. The Morgan fingerprint density at radius 3 is 2.65 bits per heavy atom. The molecule has 20 heavy (non-hydrogen) atoms. The number of nitrogens with zero attached hydrogens (tertiary/aromatic N) is 1. The van der Waals surface area contributed by atoms with Gasteiger partial charge in [-0.15, -0.1) is 0 Å². The molecule has 1 atom stereocenters. The summed E-state index contributed by atoms with van der Waals surface area (Å²) in [5, 5.41) is 9.87. The standard InChI is InChI=1S/C16H18ClNO2/c1-12(19)2-3-13-4-6-15(7-5-13)20-11-14-8-9-18-10-16(14)17/h4-10,12,19H,2-3,11H2,1H3. The van der Waals surface area contributed by atoms with Gasteiger partial charge in [-0.2, -0.15) is 0 Å². The molecule has 0 spiro atoms. The first-order chi connectivity index (χ1) is 9.65. The van der Waals surface area contributed by atoms with Crippen molar-refractivity contribution in [3.8, 4) is 5.75 Å². The zero-order valence-corrected chi connectivity index (χ0v) is 12.2. The van der Waals surface area contributed by atoms with Crippen molar-refractivity contribution in [1.29, 1.82) is 0 Å². The van der Waals surface area contributed by atoms with Gasteiger partial charge in [0.1, 0.15) is 12.4 Å². The molecule has 0 aliphatic carbocycles. The fourth-order valence-electron chi connectivity index (χ4n) is 1.81. The summed E-state index contributed by atoms with van der Waals surface area (Å²) in [6.07, 6.45) is 4.68. The van der Waals surface area contributed by atoms with E-state index < -0.39 is 0 Å². The summed E-state index contributed by atoms with van der Waals surface area (Å²) < 4.78 is 5.69. The number of hydrogen-bond donors (Lipinski definition) is 1. The van der Waals surface area contributed by atoms with E-state index in [2.05, 4.69) is 4.98 Å². The minimum atomic E-state index is -0.264. The van der Waals surface area contributed by atoms with E-state index in [1.165, 1.54) is 5.56 Å². The summed E-state index contributed by atoms with van der Waals surface area (Å²) in [5.41, 5.74) is 2.11. The molecule has 2 rings (SSSR count). The van der Waals surface area contributed by atoms with Crippen molar-refractivity contribution >= 4 is 11.6 Å². The molecule has 1 N–H and O–H groups in total. The Labute approximate surface area is 124 Å². The number of hydrogen-bond acceptors (Lipinski definition) is 3. The van der Waals surface area contributed by atoms with Crippen LogP contribution >= 0.6 is 11.6 Å². The number of aryl methyl sites for hydroxylation is 1. The van der Waals surface area contributed by atoms with Crippen molar-refractivity contribution in [2.75, 3.05) is 0 Å². The Hall–Kier alpha value is -1.58. The molecule has 4 heteroatoms. The van der Waals surface area contributed by atoms with E-state index in [1.807, 2.05) is 30.3 Å². The van der Waals surface area contributed by atoms with Gasteiger partial charge in [0.05, 0.1) is 11.1 Å². The van der Waals surface area contributed by atoms with Gasteiger partial charge in [-0.3, -0.25) is 4.98 Å². The Bertz CT molecular complexity index is 540. The number of halogens is 1. The maximum Gasteiger partial charge on any atom is 0.119 e. The van der Waals surface area contributed by atoms with Crippen molar-refractivity contribution in [2.24, 2.45) is 0 Å². The average Bonchev–Trinajstić information content (AvgIpc) is 2.45. The van der Waals surface area contributed by atoms with Crippen LogP contribution in [0.25, 0.3) is 0 Å². The molecule has 0 aliphatic rings. The quantitative estimate of drug-likeness (QED) is 0.884. The first-order valence-corrected chi connectivity index (χ1v) is 7.01. The van der Waals surface area contributed by atoms with Crippen molar-refractivity contribution < 1.29 is 9.84 Å². The fraction of sp³-hybridized carbons (Fsp3) is 0.312. The van der Waals surface area contributed by atoms with Crippen molar-refractivity contribution in [3.63, 3.8) is 0 Å². The molecule has 0 saturated heterocycles. The number of pyridine rings is 1. The first-order valence-electron chi connectivity index (χ1n) is 6.63. The monoisotopic (exact) mass is 291 g/mol. The van der Waals surface area contributed by atoms with Gasteiger partial charge < -0.3 is 9.84 Å². The predicted octanol–water partition coefficient (Wildman–Crippen LogP) is 3.63. The lowest BCUT2D eigenvalue weighted by atomic mass is 10.1. The number of rotatable bonds is 6. The van der Waals surface area contributed by atoms with E-state index in [1.54, 1.807) is 19.3 Å². The third-order valence-corrected chi connectivity index (χ3v) is 3.37. The van der Waals surface area contributed by atoms with Crippen LogP contribution in [0.15, 0.2) is 42.7 Å². The molecule has 0 saturated carbocycles. The normalized spacial score (nSPS) is 12.2. The van der Waals surface area contributed by atoms with Gasteiger partial charge >= 0.3 is 0 Å².